The van der Waals surface area contributed by atoms with Crippen molar-refractivity contribution in [2.75, 3.05) is 20.3 Å². The summed E-state index contributed by atoms with van der Waals surface area (Å²) in [5.74, 6) is -1.51. The zero-order chi connectivity index (χ0) is 8.74. The van der Waals surface area contributed by atoms with Gasteiger partial charge in [0.05, 0.1) is 13.2 Å². The maximum atomic E-state index is 8.61. The third kappa shape index (κ3) is 2.85. The average molecular weight is 159 g/mol. The molecule has 0 aromatic carbocycles. The Balaban J connectivity index is 4.11. The lowest BCUT2D eigenvalue weighted by Gasteiger charge is -2.22. The highest BCUT2D eigenvalue weighted by atomic mass is 16.9. The largest absolute Gasteiger partial charge is 0.378 e. The van der Waals surface area contributed by atoms with Gasteiger partial charge in [-0.05, 0) is 13.8 Å². The number of nitriles is 1. The fourth-order valence-corrected chi connectivity index (χ4v) is 0.650. The van der Waals surface area contributed by atoms with Crippen LogP contribution in [-0.2, 0) is 14.2 Å². The predicted octanol–water partition coefficient (Wildman–Crippen LogP) is 0.883. The Morgan fingerprint density at radius 1 is 1.27 bits per heavy atom. The zero-order valence-corrected chi connectivity index (χ0v) is 7.09. The Kier molecular flexibility index (Phi) is 4.79. The first-order valence-electron chi connectivity index (χ1n) is 3.49. The van der Waals surface area contributed by atoms with Gasteiger partial charge in [-0.3, -0.25) is 0 Å². The first kappa shape index (κ1) is 10.4. The molecule has 0 aromatic heterocycles. The Hall–Kier alpha value is -0.630. The average Bonchev–Trinajstić information content (AvgIpc) is 2.04. The fraction of sp³-hybridized carbons (Fsp3) is 0.857. The molecule has 0 rings (SSSR count). The predicted molar refractivity (Wildman–Crippen MR) is 38.6 cm³/mol. The van der Waals surface area contributed by atoms with Crippen molar-refractivity contribution in [3.05, 3.63) is 0 Å². The number of hydrogen-bond acceptors (Lipinski definition) is 4. The molecule has 0 heterocycles. The first-order chi connectivity index (χ1) is 5.24. The molecule has 0 saturated carbocycles. The van der Waals surface area contributed by atoms with Gasteiger partial charge in [0.2, 0.25) is 0 Å². The molecule has 0 aliphatic heterocycles. The van der Waals surface area contributed by atoms with Gasteiger partial charge >= 0.3 is 5.97 Å². The van der Waals surface area contributed by atoms with Gasteiger partial charge < -0.3 is 14.2 Å². The fourth-order valence-electron chi connectivity index (χ4n) is 0.650. The van der Waals surface area contributed by atoms with Crippen LogP contribution in [0.2, 0.25) is 0 Å². The van der Waals surface area contributed by atoms with Crippen molar-refractivity contribution in [2.45, 2.75) is 19.8 Å². The van der Waals surface area contributed by atoms with E-state index in [1.54, 1.807) is 19.9 Å². The smallest absolute Gasteiger partial charge is 0.319 e. The second kappa shape index (κ2) is 5.08. The van der Waals surface area contributed by atoms with E-state index in [4.69, 9.17) is 19.5 Å². The summed E-state index contributed by atoms with van der Waals surface area (Å²) in [6, 6.07) is 1.80. The maximum absolute atomic E-state index is 8.61. The summed E-state index contributed by atoms with van der Waals surface area (Å²) < 4.78 is 14.7. The highest BCUT2D eigenvalue weighted by Gasteiger charge is 2.31. The monoisotopic (exact) mass is 159 g/mol. The first-order valence-corrected chi connectivity index (χ1v) is 3.49. The summed E-state index contributed by atoms with van der Waals surface area (Å²) in [5.41, 5.74) is 0. The Labute approximate surface area is 66.7 Å². The second-order valence-electron chi connectivity index (χ2n) is 1.74. The summed E-state index contributed by atoms with van der Waals surface area (Å²) in [6.07, 6.45) is 0. The van der Waals surface area contributed by atoms with Crippen molar-refractivity contribution < 1.29 is 14.2 Å². The SMILES string of the molecule is CCOC(C#N)(OC)OCC. The minimum Gasteiger partial charge on any atom is -0.319 e. The van der Waals surface area contributed by atoms with Gasteiger partial charge in [0.15, 0.2) is 6.07 Å². The van der Waals surface area contributed by atoms with Gasteiger partial charge in [-0.1, -0.05) is 0 Å². The van der Waals surface area contributed by atoms with Crippen LogP contribution in [-0.4, -0.2) is 26.3 Å². The molecule has 11 heavy (non-hydrogen) atoms. The summed E-state index contributed by atoms with van der Waals surface area (Å²) in [6.45, 7) is 4.29. The lowest BCUT2D eigenvalue weighted by Crippen LogP contribution is -2.36. The summed E-state index contributed by atoms with van der Waals surface area (Å²) >= 11 is 0. The molecular formula is C7H13NO3. The van der Waals surface area contributed by atoms with Crippen molar-refractivity contribution >= 4 is 0 Å². The van der Waals surface area contributed by atoms with Gasteiger partial charge in [0.1, 0.15) is 0 Å². The number of hydrogen-bond donors (Lipinski definition) is 0. The van der Waals surface area contributed by atoms with Crippen LogP contribution in [0, 0.1) is 11.3 Å². The molecule has 0 atom stereocenters. The van der Waals surface area contributed by atoms with Crippen LogP contribution in [0.15, 0.2) is 0 Å². The van der Waals surface area contributed by atoms with E-state index >= 15 is 0 Å². The molecule has 0 amide bonds. The molecule has 0 unspecified atom stereocenters. The highest BCUT2D eigenvalue weighted by molar-refractivity contribution is 4.85. The summed E-state index contributed by atoms with van der Waals surface area (Å²) in [4.78, 5) is 0. The van der Waals surface area contributed by atoms with E-state index in [2.05, 4.69) is 0 Å². The molecule has 0 radical (unpaired) electrons. The lowest BCUT2D eigenvalue weighted by atomic mass is 10.6. The molecular weight excluding hydrogens is 146 g/mol. The lowest BCUT2D eigenvalue weighted by molar-refractivity contribution is -0.331. The van der Waals surface area contributed by atoms with Crippen LogP contribution in [0.25, 0.3) is 0 Å². The van der Waals surface area contributed by atoms with Crippen molar-refractivity contribution in [1.82, 2.24) is 0 Å². The molecule has 0 N–H and O–H groups in total. The normalized spacial score (nSPS) is 11.1. The van der Waals surface area contributed by atoms with Crippen LogP contribution in [0.3, 0.4) is 0 Å². The molecule has 0 aliphatic rings. The van der Waals surface area contributed by atoms with Crippen LogP contribution in [0.4, 0.5) is 0 Å². The van der Waals surface area contributed by atoms with Crippen LogP contribution in [0.5, 0.6) is 0 Å². The number of methoxy groups -OCH3 is 1. The quantitative estimate of drug-likeness (QED) is 0.559. The molecule has 4 nitrogen and oxygen atoms in total. The van der Waals surface area contributed by atoms with Crippen molar-refractivity contribution in [3.8, 4) is 6.07 Å². The molecule has 64 valence electrons. The Morgan fingerprint density at radius 2 is 1.73 bits per heavy atom. The summed E-state index contributed by atoms with van der Waals surface area (Å²) in [5, 5.41) is 8.61. The van der Waals surface area contributed by atoms with E-state index in [1.807, 2.05) is 0 Å². The Morgan fingerprint density at radius 3 is 1.91 bits per heavy atom. The third-order valence-electron chi connectivity index (χ3n) is 1.07. The third-order valence-corrected chi connectivity index (χ3v) is 1.07. The minimum absolute atomic E-state index is 0.376. The standard InChI is InChI=1S/C7H13NO3/c1-4-10-7(6-8,9-3)11-5-2/h4-5H2,1-3H3. The molecule has 0 fully saturated rings. The van der Waals surface area contributed by atoms with Crippen LogP contribution >= 0.6 is 0 Å². The van der Waals surface area contributed by atoms with Gasteiger partial charge in [0, 0.05) is 7.11 Å². The molecule has 0 bridgehead atoms. The van der Waals surface area contributed by atoms with Crippen LogP contribution in [0.1, 0.15) is 13.8 Å². The molecule has 0 spiro atoms. The number of ether oxygens (including phenoxy) is 3. The van der Waals surface area contributed by atoms with E-state index in [9.17, 15) is 0 Å². The van der Waals surface area contributed by atoms with E-state index in [0.717, 1.165) is 0 Å². The van der Waals surface area contributed by atoms with Crippen molar-refractivity contribution in [3.63, 3.8) is 0 Å². The molecule has 0 saturated heterocycles. The van der Waals surface area contributed by atoms with E-state index in [-0.39, 0.29) is 0 Å². The number of nitrogens with zero attached hydrogens (tertiary/aromatic N) is 1. The molecule has 4 heteroatoms. The van der Waals surface area contributed by atoms with Gasteiger partial charge in [-0.2, -0.15) is 5.26 Å². The van der Waals surface area contributed by atoms with Gasteiger partial charge in [-0.25, -0.2) is 0 Å². The van der Waals surface area contributed by atoms with Crippen molar-refractivity contribution in [2.24, 2.45) is 0 Å². The van der Waals surface area contributed by atoms with E-state index in [1.165, 1.54) is 7.11 Å². The maximum Gasteiger partial charge on any atom is 0.378 e. The van der Waals surface area contributed by atoms with E-state index < -0.39 is 5.97 Å². The number of rotatable bonds is 5. The zero-order valence-electron chi connectivity index (χ0n) is 7.09. The highest BCUT2D eigenvalue weighted by Crippen LogP contribution is 2.12. The molecule has 0 aliphatic carbocycles. The molecule has 0 aromatic rings. The Bertz CT molecular complexity index is 135. The minimum atomic E-state index is -1.51. The van der Waals surface area contributed by atoms with E-state index in [0.29, 0.717) is 13.2 Å². The van der Waals surface area contributed by atoms with Gasteiger partial charge in [-0.15, -0.1) is 0 Å². The summed E-state index contributed by atoms with van der Waals surface area (Å²) in [7, 11) is 1.37. The second-order valence-corrected chi connectivity index (χ2v) is 1.74. The van der Waals surface area contributed by atoms with Crippen molar-refractivity contribution in [1.29, 1.82) is 5.26 Å². The van der Waals surface area contributed by atoms with Gasteiger partial charge in [0.25, 0.3) is 0 Å². The van der Waals surface area contributed by atoms with Crippen LogP contribution < -0.4 is 0 Å². The topological polar surface area (TPSA) is 51.5 Å².